The average molecular weight is 341 g/mol. The van der Waals surface area contributed by atoms with Crippen molar-refractivity contribution in [2.24, 2.45) is 0 Å². The van der Waals surface area contributed by atoms with Crippen molar-refractivity contribution in [3.63, 3.8) is 0 Å². The molecule has 1 heterocycles. The molecule has 0 aliphatic carbocycles. The minimum Gasteiger partial charge on any atom is -0.311 e. The van der Waals surface area contributed by atoms with E-state index in [0.29, 0.717) is 11.4 Å². The van der Waals surface area contributed by atoms with E-state index in [9.17, 15) is 9.59 Å². The van der Waals surface area contributed by atoms with Crippen molar-refractivity contribution in [2.45, 2.75) is 58.9 Å². The van der Waals surface area contributed by atoms with Crippen molar-refractivity contribution in [2.75, 3.05) is 5.32 Å². The predicted molar refractivity (Wildman–Crippen MR) is 99.8 cm³/mol. The minimum atomic E-state index is -0.158. The molecule has 0 spiro atoms. The molecule has 5 heteroatoms. The first-order chi connectivity index (χ1) is 12.1. The molecule has 0 radical (unpaired) electrons. The van der Waals surface area contributed by atoms with Gasteiger partial charge in [-0.05, 0) is 18.4 Å². The maximum Gasteiger partial charge on any atom is 0.225 e. The topological polar surface area (TPSA) is 64.0 Å². The molecule has 1 N–H and O–H groups in total. The summed E-state index contributed by atoms with van der Waals surface area (Å²) in [5.41, 5.74) is 1.90. The number of ketones is 1. The van der Waals surface area contributed by atoms with Crippen LogP contribution in [0.5, 0.6) is 0 Å². The zero-order valence-electron chi connectivity index (χ0n) is 15.1. The van der Waals surface area contributed by atoms with E-state index in [4.69, 9.17) is 0 Å². The molecule has 0 bridgehead atoms. The molecule has 25 heavy (non-hydrogen) atoms. The lowest BCUT2D eigenvalue weighted by atomic mass is 10.0. The van der Waals surface area contributed by atoms with Crippen LogP contribution in [0.25, 0.3) is 0 Å². The van der Waals surface area contributed by atoms with Gasteiger partial charge in [-0.3, -0.25) is 9.59 Å². The van der Waals surface area contributed by atoms with Gasteiger partial charge in [0.1, 0.15) is 5.82 Å². The molecule has 0 aliphatic rings. The largest absolute Gasteiger partial charge is 0.311 e. The number of rotatable bonds is 10. The number of hydrogen-bond donors (Lipinski definition) is 1. The Morgan fingerprint density at radius 1 is 1.04 bits per heavy atom. The number of benzene rings is 1. The van der Waals surface area contributed by atoms with Crippen molar-refractivity contribution < 1.29 is 9.59 Å². The minimum absolute atomic E-state index is 0.00214. The van der Waals surface area contributed by atoms with Gasteiger partial charge in [0.05, 0.1) is 6.20 Å². The standard InChI is InChI=1S/C20H27N3O2/c1-3-5-15-23-19(13-14-21-23)22-20(25)12-11-18(24)17-9-7-16(6-4-2)8-10-17/h7-10,13-14H,3-6,11-12,15H2,1-2H3,(H,22,25). The fourth-order valence-corrected chi connectivity index (χ4v) is 2.65. The van der Waals surface area contributed by atoms with E-state index in [2.05, 4.69) is 24.3 Å². The van der Waals surface area contributed by atoms with Gasteiger partial charge < -0.3 is 5.32 Å². The van der Waals surface area contributed by atoms with Crippen LogP contribution in [0.3, 0.4) is 0 Å². The van der Waals surface area contributed by atoms with Gasteiger partial charge in [-0.15, -0.1) is 0 Å². The number of amides is 1. The van der Waals surface area contributed by atoms with Crippen molar-refractivity contribution in [3.8, 4) is 0 Å². The lowest BCUT2D eigenvalue weighted by molar-refractivity contribution is -0.116. The maximum absolute atomic E-state index is 12.2. The van der Waals surface area contributed by atoms with E-state index in [1.54, 1.807) is 16.9 Å². The monoisotopic (exact) mass is 341 g/mol. The highest BCUT2D eigenvalue weighted by atomic mass is 16.2. The molecule has 5 nitrogen and oxygen atoms in total. The number of carbonyl (C=O) groups is 2. The number of nitrogens with one attached hydrogen (secondary N) is 1. The lowest BCUT2D eigenvalue weighted by Crippen LogP contribution is -2.16. The van der Waals surface area contributed by atoms with Gasteiger partial charge in [0.2, 0.25) is 5.91 Å². The highest BCUT2D eigenvalue weighted by Crippen LogP contribution is 2.12. The van der Waals surface area contributed by atoms with Crippen LogP contribution in [0, 0.1) is 0 Å². The van der Waals surface area contributed by atoms with E-state index < -0.39 is 0 Å². The fourth-order valence-electron chi connectivity index (χ4n) is 2.65. The molecule has 2 rings (SSSR count). The number of nitrogens with zero attached hydrogens (tertiary/aromatic N) is 2. The zero-order valence-corrected chi connectivity index (χ0v) is 15.1. The first-order valence-electron chi connectivity index (χ1n) is 9.07. The SMILES string of the molecule is CCCCn1nccc1NC(=O)CCC(=O)c1ccc(CCC)cc1. The predicted octanol–water partition coefficient (Wildman–Crippen LogP) is 4.24. The molecule has 0 fully saturated rings. The molecule has 134 valence electrons. The molecule has 2 aromatic rings. The summed E-state index contributed by atoms with van der Waals surface area (Å²) in [6, 6.07) is 9.46. The van der Waals surface area contributed by atoms with Crippen molar-refractivity contribution in [1.29, 1.82) is 0 Å². The molecule has 0 atom stereocenters. The molecule has 1 amide bonds. The Balaban J connectivity index is 1.83. The number of unbranched alkanes of at least 4 members (excludes halogenated alkanes) is 1. The number of hydrogen-bond acceptors (Lipinski definition) is 3. The number of aryl methyl sites for hydroxylation is 2. The summed E-state index contributed by atoms with van der Waals surface area (Å²) in [6.45, 7) is 5.02. The van der Waals surface area contributed by atoms with Gasteiger partial charge in [-0.1, -0.05) is 51.0 Å². The van der Waals surface area contributed by atoms with E-state index in [1.807, 2.05) is 24.3 Å². The number of anilines is 1. The van der Waals surface area contributed by atoms with E-state index in [-0.39, 0.29) is 24.5 Å². The van der Waals surface area contributed by atoms with E-state index in [1.165, 1.54) is 5.56 Å². The van der Waals surface area contributed by atoms with Crippen LogP contribution in [0.4, 0.5) is 5.82 Å². The summed E-state index contributed by atoms with van der Waals surface area (Å²) in [7, 11) is 0. The third-order valence-electron chi connectivity index (χ3n) is 4.10. The van der Waals surface area contributed by atoms with Crippen LogP contribution >= 0.6 is 0 Å². The second-order valence-electron chi connectivity index (χ2n) is 6.21. The molecule has 0 saturated heterocycles. The summed E-state index contributed by atoms with van der Waals surface area (Å²) in [5, 5.41) is 7.05. The number of Topliss-reactive ketones (excluding diaryl/α,β-unsaturated/α-hetero) is 1. The van der Waals surface area contributed by atoms with Crippen LogP contribution in [-0.2, 0) is 17.8 Å². The quantitative estimate of drug-likeness (QED) is 0.658. The summed E-state index contributed by atoms with van der Waals surface area (Å²) in [4.78, 5) is 24.3. The highest BCUT2D eigenvalue weighted by molar-refractivity contribution is 5.99. The Morgan fingerprint density at radius 2 is 1.80 bits per heavy atom. The smallest absolute Gasteiger partial charge is 0.225 e. The second kappa shape index (κ2) is 9.77. The van der Waals surface area contributed by atoms with Gasteiger partial charge in [0, 0.05) is 31.0 Å². The van der Waals surface area contributed by atoms with Crippen LogP contribution in [0.15, 0.2) is 36.5 Å². The van der Waals surface area contributed by atoms with E-state index >= 15 is 0 Å². The van der Waals surface area contributed by atoms with Gasteiger partial charge in [0.15, 0.2) is 5.78 Å². The molecule has 0 aliphatic heterocycles. The van der Waals surface area contributed by atoms with Gasteiger partial charge >= 0.3 is 0 Å². The van der Waals surface area contributed by atoms with Crippen LogP contribution in [0.1, 0.15) is 61.9 Å². The van der Waals surface area contributed by atoms with Crippen LogP contribution < -0.4 is 5.32 Å². The van der Waals surface area contributed by atoms with Crippen LogP contribution in [0.2, 0.25) is 0 Å². The Labute approximate surface area is 149 Å². The number of carbonyl (C=O) groups excluding carboxylic acids is 2. The normalized spacial score (nSPS) is 10.6. The van der Waals surface area contributed by atoms with Gasteiger partial charge in [0.25, 0.3) is 0 Å². The summed E-state index contributed by atoms with van der Waals surface area (Å²) in [6.07, 6.45) is 6.24. The van der Waals surface area contributed by atoms with Crippen molar-refractivity contribution in [1.82, 2.24) is 9.78 Å². The molecule has 0 unspecified atom stereocenters. The first-order valence-corrected chi connectivity index (χ1v) is 9.07. The van der Waals surface area contributed by atoms with Crippen molar-refractivity contribution in [3.05, 3.63) is 47.7 Å². The molecule has 1 aromatic heterocycles. The maximum atomic E-state index is 12.2. The van der Waals surface area contributed by atoms with Gasteiger partial charge in [-0.2, -0.15) is 5.10 Å². The van der Waals surface area contributed by atoms with E-state index in [0.717, 1.165) is 32.2 Å². The molecule has 0 saturated carbocycles. The Morgan fingerprint density at radius 3 is 2.48 bits per heavy atom. The van der Waals surface area contributed by atoms with Crippen molar-refractivity contribution >= 4 is 17.5 Å². The zero-order chi connectivity index (χ0) is 18.1. The summed E-state index contributed by atoms with van der Waals surface area (Å²) >= 11 is 0. The fraction of sp³-hybridized carbons (Fsp3) is 0.450. The number of aromatic nitrogens is 2. The first kappa shape index (κ1) is 18.9. The Hall–Kier alpha value is -2.43. The molecule has 1 aromatic carbocycles. The molecular formula is C20H27N3O2. The summed E-state index contributed by atoms with van der Waals surface area (Å²) in [5.74, 6) is 0.529. The summed E-state index contributed by atoms with van der Waals surface area (Å²) < 4.78 is 1.79. The third-order valence-corrected chi connectivity index (χ3v) is 4.10. The molecular weight excluding hydrogens is 314 g/mol. The highest BCUT2D eigenvalue weighted by Gasteiger charge is 2.11. The lowest BCUT2D eigenvalue weighted by Gasteiger charge is -2.08. The Kier molecular flexibility index (Phi) is 7.38. The van der Waals surface area contributed by atoms with Crippen LogP contribution in [-0.4, -0.2) is 21.5 Å². The third kappa shape index (κ3) is 5.85. The Bertz CT molecular complexity index is 689. The van der Waals surface area contributed by atoms with Gasteiger partial charge in [-0.25, -0.2) is 4.68 Å². The second-order valence-corrected chi connectivity index (χ2v) is 6.21. The average Bonchev–Trinajstić information content (AvgIpc) is 3.05.